The fourth-order valence-corrected chi connectivity index (χ4v) is 2.53. The first-order chi connectivity index (χ1) is 10.2. The van der Waals surface area contributed by atoms with Crippen LogP contribution in [0.25, 0.3) is 10.9 Å². The molecule has 3 rings (SSSR count). The number of rotatable bonds is 4. The van der Waals surface area contributed by atoms with Gasteiger partial charge in [0.25, 0.3) is 0 Å². The molecule has 0 saturated carbocycles. The second-order valence-electron chi connectivity index (χ2n) is 4.92. The van der Waals surface area contributed by atoms with Gasteiger partial charge in [-0.15, -0.1) is 0 Å². The molecule has 0 aliphatic rings. The van der Waals surface area contributed by atoms with Crippen molar-refractivity contribution in [2.24, 2.45) is 0 Å². The van der Waals surface area contributed by atoms with E-state index in [4.69, 9.17) is 10.5 Å². The third-order valence-corrected chi connectivity index (χ3v) is 3.57. The third-order valence-electron chi connectivity index (χ3n) is 3.57. The second kappa shape index (κ2) is 5.48. The molecule has 0 aliphatic carbocycles. The molecular weight excluding hydrogens is 267 g/mol. The van der Waals surface area contributed by atoms with Crippen molar-refractivity contribution in [1.82, 2.24) is 4.57 Å². The van der Waals surface area contributed by atoms with Crippen molar-refractivity contribution in [3.8, 4) is 5.75 Å². The number of halogens is 1. The normalized spacial score (nSPS) is 11.0. The van der Waals surface area contributed by atoms with E-state index in [-0.39, 0.29) is 5.82 Å². The molecule has 3 aromatic rings. The van der Waals surface area contributed by atoms with Crippen LogP contribution in [0.2, 0.25) is 0 Å². The minimum Gasteiger partial charge on any atom is -0.489 e. The summed E-state index contributed by atoms with van der Waals surface area (Å²) >= 11 is 0. The van der Waals surface area contributed by atoms with E-state index in [1.807, 2.05) is 12.1 Å². The van der Waals surface area contributed by atoms with Crippen LogP contribution >= 0.6 is 0 Å². The number of benzene rings is 2. The van der Waals surface area contributed by atoms with Crippen molar-refractivity contribution in [2.45, 2.75) is 20.1 Å². The topological polar surface area (TPSA) is 40.2 Å². The zero-order chi connectivity index (χ0) is 14.8. The summed E-state index contributed by atoms with van der Waals surface area (Å²) < 4.78 is 20.8. The molecule has 4 heteroatoms. The molecule has 0 bridgehead atoms. The molecular formula is C17H17FN2O. The molecule has 0 spiro atoms. The van der Waals surface area contributed by atoms with Gasteiger partial charge in [0, 0.05) is 29.4 Å². The van der Waals surface area contributed by atoms with Gasteiger partial charge in [0.2, 0.25) is 0 Å². The predicted octanol–water partition coefficient (Wildman–Crippen LogP) is 3.96. The van der Waals surface area contributed by atoms with Crippen molar-refractivity contribution in [3.05, 3.63) is 60.0 Å². The Bertz CT molecular complexity index is 762. The molecule has 0 amide bonds. The van der Waals surface area contributed by atoms with E-state index in [0.717, 1.165) is 28.7 Å². The monoisotopic (exact) mass is 284 g/mol. The van der Waals surface area contributed by atoms with E-state index in [2.05, 4.69) is 23.8 Å². The van der Waals surface area contributed by atoms with Gasteiger partial charge in [0.05, 0.1) is 5.52 Å². The van der Waals surface area contributed by atoms with Gasteiger partial charge in [-0.05, 0) is 43.3 Å². The average molecular weight is 284 g/mol. The summed E-state index contributed by atoms with van der Waals surface area (Å²) in [6.45, 7) is 3.37. The molecule has 0 aliphatic heterocycles. The molecule has 0 atom stereocenters. The van der Waals surface area contributed by atoms with Gasteiger partial charge in [-0.2, -0.15) is 0 Å². The van der Waals surface area contributed by atoms with Gasteiger partial charge < -0.3 is 15.0 Å². The van der Waals surface area contributed by atoms with Crippen LogP contribution < -0.4 is 10.5 Å². The van der Waals surface area contributed by atoms with Crippen LogP contribution in [-0.2, 0) is 13.2 Å². The van der Waals surface area contributed by atoms with E-state index < -0.39 is 0 Å². The van der Waals surface area contributed by atoms with Crippen molar-refractivity contribution in [1.29, 1.82) is 0 Å². The molecule has 0 radical (unpaired) electrons. The van der Waals surface area contributed by atoms with Crippen molar-refractivity contribution in [3.63, 3.8) is 0 Å². The highest BCUT2D eigenvalue weighted by atomic mass is 19.1. The lowest BCUT2D eigenvalue weighted by Crippen LogP contribution is -1.96. The molecule has 3 nitrogen and oxygen atoms in total. The Kier molecular flexibility index (Phi) is 3.52. The maximum atomic E-state index is 12.9. The zero-order valence-electron chi connectivity index (χ0n) is 11.8. The van der Waals surface area contributed by atoms with Crippen LogP contribution in [0.1, 0.15) is 12.5 Å². The standard InChI is InChI=1S/C17H17FN2O/c1-2-20-10-12(17-15(19)4-3-5-16(17)20)11-21-14-8-6-13(18)7-9-14/h3-10H,2,11,19H2,1H3. The first-order valence-corrected chi connectivity index (χ1v) is 6.93. The highest BCUT2D eigenvalue weighted by molar-refractivity contribution is 5.94. The fourth-order valence-electron chi connectivity index (χ4n) is 2.53. The smallest absolute Gasteiger partial charge is 0.123 e. The Morgan fingerprint density at radius 2 is 1.90 bits per heavy atom. The van der Waals surface area contributed by atoms with Crippen molar-refractivity contribution >= 4 is 16.6 Å². The lowest BCUT2D eigenvalue weighted by molar-refractivity contribution is 0.307. The minimum absolute atomic E-state index is 0.269. The van der Waals surface area contributed by atoms with Gasteiger partial charge >= 0.3 is 0 Å². The SMILES string of the molecule is CCn1cc(COc2ccc(F)cc2)c2c(N)cccc21. The summed E-state index contributed by atoms with van der Waals surface area (Å²) in [4.78, 5) is 0. The van der Waals surface area contributed by atoms with Crippen LogP contribution in [0, 0.1) is 5.82 Å². The van der Waals surface area contributed by atoms with E-state index in [0.29, 0.717) is 12.4 Å². The van der Waals surface area contributed by atoms with Gasteiger partial charge in [-0.1, -0.05) is 6.07 Å². The maximum absolute atomic E-state index is 12.9. The second-order valence-corrected chi connectivity index (χ2v) is 4.92. The number of aryl methyl sites for hydroxylation is 1. The number of nitrogen functional groups attached to an aromatic ring is 1. The number of nitrogens with two attached hydrogens (primary N) is 1. The number of anilines is 1. The van der Waals surface area contributed by atoms with Crippen molar-refractivity contribution in [2.75, 3.05) is 5.73 Å². The lowest BCUT2D eigenvalue weighted by Gasteiger charge is -2.06. The minimum atomic E-state index is -0.269. The first-order valence-electron chi connectivity index (χ1n) is 6.93. The van der Waals surface area contributed by atoms with E-state index in [1.54, 1.807) is 12.1 Å². The maximum Gasteiger partial charge on any atom is 0.123 e. The molecule has 21 heavy (non-hydrogen) atoms. The zero-order valence-corrected chi connectivity index (χ0v) is 11.8. The van der Waals surface area contributed by atoms with Gasteiger partial charge in [-0.25, -0.2) is 4.39 Å². The fraction of sp³-hybridized carbons (Fsp3) is 0.176. The van der Waals surface area contributed by atoms with Crippen LogP contribution in [0.3, 0.4) is 0 Å². The molecule has 108 valence electrons. The number of fused-ring (bicyclic) bond motifs is 1. The summed E-state index contributed by atoms with van der Waals surface area (Å²) in [5, 5.41) is 1.03. The quantitative estimate of drug-likeness (QED) is 0.737. The average Bonchev–Trinajstić information content (AvgIpc) is 2.86. The summed E-state index contributed by atoms with van der Waals surface area (Å²) in [7, 11) is 0. The van der Waals surface area contributed by atoms with E-state index in [9.17, 15) is 4.39 Å². The highest BCUT2D eigenvalue weighted by Crippen LogP contribution is 2.28. The lowest BCUT2D eigenvalue weighted by atomic mass is 10.1. The summed E-state index contributed by atoms with van der Waals surface area (Å²) in [5.41, 5.74) is 8.99. The highest BCUT2D eigenvalue weighted by Gasteiger charge is 2.10. The number of hydrogen-bond donors (Lipinski definition) is 1. The van der Waals surface area contributed by atoms with E-state index >= 15 is 0 Å². The van der Waals surface area contributed by atoms with Crippen LogP contribution in [0.15, 0.2) is 48.7 Å². The van der Waals surface area contributed by atoms with Crippen LogP contribution in [0.4, 0.5) is 10.1 Å². The van der Waals surface area contributed by atoms with Gasteiger partial charge in [-0.3, -0.25) is 0 Å². The number of nitrogens with zero attached hydrogens (tertiary/aromatic N) is 1. The Balaban J connectivity index is 1.91. The Hall–Kier alpha value is -2.49. The number of aromatic nitrogens is 1. The van der Waals surface area contributed by atoms with Crippen LogP contribution in [0.5, 0.6) is 5.75 Å². The van der Waals surface area contributed by atoms with E-state index in [1.165, 1.54) is 12.1 Å². The largest absolute Gasteiger partial charge is 0.489 e. The molecule has 0 fully saturated rings. The summed E-state index contributed by atoms with van der Waals surface area (Å²) in [6, 6.07) is 11.9. The Labute approximate surface area is 122 Å². The first kappa shape index (κ1) is 13.5. The van der Waals surface area contributed by atoms with Crippen molar-refractivity contribution < 1.29 is 9.13 Å². The molecule has 0 saturated heterocycles. The molecule has 0 unspecified atom stereocenters. The molecule has 2 aromatic carbocycles. The molecule has 2 N–H and O–H groups in total. The molecule has 1 heterocycles. The predicted molar refractivity (Wildman–Crippen MR) is 82.8 cm³/mol. The van der Waals surface area contributed by atoms with Gasteiger partial charge in [0.15, 0.2) is 0 Å². The molecule has 1 aromatic heterocycles. The number of hydrogen-bond acceptors (Lipinski definition) is 2. The van der Waals surface area contributed by atoms with Crippen LogP contribution in [-0.4, -0.2) is 4.57 Å². The number of ether oxygens (including phenoxy) is 1. The third kappa shape index (κ3) is 2.57. The Morgan fingerprint density at radius 3 is 2.62 bits per heavy atom. The summed E-state index contributed by atoms with van der Waals surface area (Å²) in [5.74, 6) is 0.373. The van der Waals surface area contributed by atoms with Gasteiger partial charge in [0.1, 0.15) is 18.2 Å². The Morgan fingerprint density at radius 1 is 1.14 bits per heavy atom. The summed E-state index contributed by atoms with van der Waals surface area (Å²) in [6.07, 6.45) is 2.06.